The van der Waals surface area contributed by atoms with Crippen molar-refractivity contribution in [3.63, 3.8) is 0 Å². The Morgan fingerprint density at radius 3 is 2.93 bits per heavy atom. The predicted octanol–water partition coefficient (Wildman–Crippen LogP) is 0.484. The summed E-state index contributed by atoms with van der Waals surface area (Å²) >= 11 is 0. The summed E-state index contributed by atoms with van der Waals surface area (Å²) in [5.41, 5.74) is 1.22. The Labute approximate surface area is 89.5 Å². The van der Waals surface area contributed by atoms with Crippen LogP contribution in [0.25, 0.3) is 0 Å². The SMILES string of the molecule is [B]c1cc(F)ccc1C1CCOCC1O. The number of hydrogen-bond acceptors (Lipinski definition) is 2. The van der Waals surface area contributed by atoms with E-state index in [9.17, 15) is 9.50 Å². The van der Waals surface area contributed by atoms with Crippen LogP contribution in [0.2, 0.25) is 0 Å². The third-order valence-corrected chi connectivity index (χ3v) is 2.77. The normalized spacial score (nSPS) is 26.5. The fraction of sp³-hybridized carbons (Fsp3) is 0.455. The molecular weight excluding hydrogens is 194 g/mol. The van der Waals surface area contributed by atoms with Crippen molar-refractivity contribution in [3.05, 3.63) is 29.6 Å². The maximum atomic E-state index is 12.8. The van der Waals surface area contributed by atoms with Crippen LogP contribution in [0.15, 0.2) is 18.2 Å². The molecule has 2 nitrogen and oxygen atoms in total. The van der Waals surface area contributed by atoms with Gasteiger partial charge in [0.15, 0.2) is 0 Å². The Kier molecular flexibility index (Phi) is 3.07. The third kappa shape index (κ3) is 2.21. The van der Waals surface area contributed by atoms with Crippen LogP contribution in [-0.2, 0) is 4.74 Å². The minimum Gasteiger partial charge on any atom is -0.390 e. The van der Waals surface area contributed by atoms with Crippen molar-refractivity contribution in [2.45, 2.75) is 18.4 Å². The Hall–Kier alpha value is -0.865. The Morgan fingerprint density at radius 1 is 1.47 bits per heavy atom. The molecule has 1 aromatic carbocycles. The van der Waals surface area contributed by atoms with Gasteiger partial charge in [-0.2, -0.15) is 0 Å². The van der Waals surface area contributed by atoms with Crippen LogP contribution in [0.1, 0.15) is 17.9 Å². The highest BCUT2D eigenvalue weighted by molar-refractivity contribution is 6.33. The summed E-state index contributed by atoms with van der Waals surface area (Å²) in [4.78, 5) is 0. The highest BCUT2D eigenvalue weighted by Crippen LogP contribution is 2.25. The summed E-state index contributed by atoms with van der Waals surface area (Å²) in [6.45, 7) is 0.931. The minimum atomic E-state index is -0.550. The van der Waals surface area contributed by atoms with Gasteiger partial charge in [0.25, 0.3) is 0 Å². The molecule has 1 N–H and O–H groups in total. The second-order valence-corrected chi connectivity index (χ2v) is 3.81. The number of aliphatic hydroxyl groups excluding tert-OH is 1. The molecule has 0 aromatic heterocycles. The van der Waals surface area contributed by atoms with E-state index >= 15 is 0 Å². The molecule has 1 aliphatic heterocycles. The maximum Gasteiger partial charge on any atom is 0.122 e. The fourth-order valence-corrected chi connectivity index (χ4v) is 1.97. The average Bonchev–Trinajstić information content (AvgIpc) is 2.20. The van der Waals surface area contributed by atoms with E-state index < -0.39 is 6.10 Å². The van der Waals surface area contributed by atoms with Gasteiger partial charge in [-0.1, -0.05) is 11.5 Å². The molecule has 78 valence electrons. The van der Waals surface area contributed by atoms with Crippen LogP contribution in [0.3, 0.4) is 0 Å². The van der Waals surface area contributed by atoms with Gasteiger partial charge in [0.05, 0.1) is 12.7 Å². The highest BCUT2D eigenvalue weighted by Gasteiger charge is 2.26. The lowest BCUT2D eigenvalue weighted by Gasteiger charge is -2.29. The average molecular weight is 206 g/mol. The fourth-order valence-electron chi connectivity index (χ4n) is 1.97. The van der Waals surface area contributed by atoms with E-state index in [1.165, 1.54) is 12.1 Å². The van der Waals surface area contributed by atoms with Crippen LogP contribution < -0.4 is 5.46 Å². The Morgan fingerprint density at radius 2 is 2.27 bits per heavy atom. The molecule has 0 amide bonds. The molecule has 1 heterocycles. The summed E-state index contributed by atoms with van der Waals surface area (Å²) in [7, 11) is 5.72. The Bertz CT molecular complexity index is 356. The smallest absolute Gasteiger partial charge is 0.122 e. The number of halogens is 1. The van der Waals surface area contributed by atoms with Crippen molar-refractivity contribution in [3.8, 4) is 0 Å². The molecule has 2 unspecified atom stereocenters. The number of ether oxygens (including phenoxy) is 1. The molecule has 2 radical (unpaired) electrons. The quantitative estimate of drug-likeness (QED) is 0.677. The van der Waals surface area contributed by atoms with E-state index in [0.717, 1.165) is 12.0 Å². The van der Waals surface area contributed by atoms with E-state index in [0.29, 0.717) is 18.7 Å². The van der Waals surface area contributed by atoms with Crippen LogP contribution in [0.4, 0.5) is 4.39 Å². The molecule has 1 saturated heterocycles. The molecule has 2 atom stereocenters. The van der Waals surface area contributed by atoms with Gasteiger partial charge in [0.2, 0.25) is 0 Å². The van der Waals surface area contributed by atoms with Gasteiger partial charge < -0.3 is 9.84 Å². The van der Waals surface area contributed by atoms with Gasteiger partial charge in [0.1, 0.15) is 13.7 Å². The zero-order valence-corrected chi connectivity index (χ0v) is 8.32. The largest absolute Gasteiger partial charge is 0.390 e. The summed E-state index contributed by atoms with van der Waals surface area (Å²) in [5, 5.41) is 9.74. The predicted molar refractivity (Wildman–Crippen MR) is 56.0 cm³/mol. The van der Waals surface area contributed by atoms with Crippen LogP contribution in [0.5, 0.6) is 0 Å². The molecule has 1 aromatic rings. The molecule has 1 fully saturated rings. The van der Waals surface area contributed by atoms with E-state index in [1.807, 2.05) is 0 Å². The van der Waals surface area contributed by atoms with Crippen molar-refractivity contribution < 1.29 is 14.2 Å². The van der Waals surface area contributed by atoms with Gasteiger partial charge in [-0.05, 0) is 24.1 Å². The van der Waals surface area contributed by atoms with E-state index in [1.54, 1.807) is 6.07 Å². The second-order valence-electron chi connectivity index (χ2n) is 3.81. The summed E-state index contributed by atoms with van der Waals surface area (Å²) in [6.07, 6.45) is 0.170. The lowest BCUT2D eigenvalue weighted by molar-refractivity contribution is -0.0203. The van der Waals surface area contributed by atoms with Crippen molar-refractivity contribution in [2.75, 3.05) is 13.2 Å². The van der Waals surface area contributed by atoms with E-state index in [-0.39, 0.29) is 11.7 Å². The third-order valence-electron chi connectivity index (χ3n) is 2.77. The standard InChI is InChI=1S/C11H12BFO2/c12-10-5-7(13)1-2-8(10)9-3-4-15-6-11(9)14/h1-2,5,9,11,14H,3-4,6H2. The van der Waals surface area contributed by atoms with Gasteiger partial charge in [-0.3, -0.25) is 0 Å². The van der Waals surface area contributed by atoms with E-state index in [2.05, 4.69) is 0 Å². The number of aliphatic hydroxyl groups is 1. The molecule has 1 aliphatic rings. The first-order chi connectivity index (χ1) is 7.18. The monoisotopic (exact) mass is 206 g/mol. The van der Waals surface area contributed by atoms with Gasteiger partial charge >= 0.3 is 0 Å². The number of hydrogen-bond donors (Lipinski definition) is 1. The lowest BCUT2D eigenvalue weighted by atomic mass is 9.80. The van der Waals surface area contributed by atoms with Crippen molar-refractivity contribution in [1.29, 1.82) is 0 Å². The molecule has 0 saturated carbocycles. The molecule has 0 aliphatic carbocycles. The van der Waals surface area contributed by atoms with Gasteiger partial charge in [0, 0.05) is 12.5 Å². The van der Waals surface area contributed by atoms with Gasteiger partial charge in [-0.15, -0.1) is 0 Å². The first-order valence-corrected chi connectivity index (χ1v) is 4.99. The molecule has 15 heavy (non-hydrogen) atoms. The molecule has 4 heteroatoms. The second kappa shape index (κ2) is 4.33. The highest BCUT2D eigenvalue weighted by atomic mass is 19.1. The summed E-state index contributed by atoms with van der Waals surface area (Å²) in [6, 6.07) is 4.30. The molecule has 0 spiro atoms. The maximum absolute atomic E-state index is 12.8. The van der Waals surface area contributed by atoms with Crippen LogP contribution >= 0.6 is 0 Å². The van der Waals surface area contributed by atoms with Gasteiger partial charge in [-0.25, -0.2) is 4.39 Å². The van der Waals surface area contributed by atoms with Crippen molar-refractivity contribution in [1.82, 2.24) is 0 Å². The van der Waals surface area contributed by atoms with Crippen molar-refractivity contribution >= 4 is 13.3 Å². The summed E-state index contributed by atoms with van der Waals surface area (Å²) < 4.78 is 18.0. The Balaban J connectivity index is 2.27. The van der Waals surface area contributed by atoms with Crippen molar-refractivity contribution in [2.24, 2.45) is 0 Å². The zero-order valence-electron chi connectivity index (χ0n) is 8.32. The molecular formula is C11H12BFO2. The first kappa shape index (κ1) is 10.6. The lowest BCUT2D eigenvalue weighted by Crippen LogP contribution is -2.33. The number of benzene rings is 1. The molecule has 2 rings (SSSR count). The zero-order chi connectivity index (χ0) is 10.8. The van der Waals surface area contributed by atoms with Crippen LogP contribution in [-0.4, -0.2) is 32.3 Å². The molecule has 0 bridgehead atoms. The van der Waals surface area contributed by atoms with E-state index in [4.69, 9.17) is 12.6 Å². The summed E-state index contributed by atoms with van der Waals surface area (Å²) in [5.74, 6) is -0.392. The topological polar surface area (TPSA) is 29.5 Å². The minimum absolute atomic E-state index is 0.0423. The first-order valence-electron chi connectivity index (χ1n) is 4.99. The van der Waals surface area contributed by atoms with Crippen LogP contribution in [0, 0.1) is 5.82 Å². The number of rotatable bonds is 1.